The standard InChI is InChI=1S/C18H20N2O.ClH/c1-13-4-2-6-15(8-13)16-7-3-5-14(9-16)10-20-18(21)17-11-19-12-17;/h2-9,17,19H,10-12H2,1H3,(H,20,21);1H. The first kappa shape index (κ1) is 16.5. The summed E-state index contributed by atoms with van der Waals surface area (Å²) in [6.45, 7) is 4.29. The smallest absolute Gasteiger partial charge is 0.225 e. The molecule has 0 radical (unpaired) electrons. The number of hydrogen-bond acceptors (Lipinski definition) is 2. The van der Waals surface area contributed by atoms with Crippen LogP contribution in [-0.2, 0) is 11.3 Å². The molecule has 1 aliphatic rings. The molecular weight excluding hydrogens is 296 g/mol. The summed E-state index contributed by atoms with van der Waals surface area (Å²) in [6, 6.07) is 16.8. The third-order valence-corrected chi connectivity index (χ3v) is 3.90. The van der Waals surface area contributed by atoms with E-state index in [0.717, 1.165) is 18.7 Å². The van der Waals surface area contributed by atoms with Gasteiger partial charge in [0.05, 0.1) is 5.92 Å². The first-order chi connectivity index (χ1) is 10.2. The SMILES string of the molecule is Cc1cccc(-c2cccc(CNC(=O)C3CNC3)c2)c1.Cl. The lowest BCUT2D eigenvalue weighted by Crippen LogP contribution is -2.50. The third-order valence-electron chi connectivity index (χ3n) is 3.90. The average Bonchev–Trinajstić information content (AvgIpc) is 2.44. The van der Waals surface area contributed by atoms with E-state index < -0.39 is 0 Å². The van der Waals surface area contributed by atoms with E-state index in [4.69, 9.17) is 0 Å². The number of rotatable bonds is 4. The zero-order valence-electron chi connectivity index (χ0n) is 12.6. The Morgan fingerprint density at radius 3 is 2.45 bits per heavy atom. The van der Waals surface area contributed by atoms with Crippen LogP contribution in [0.2, 0.25) is 0 Å². The minimum atomic E-state index is 0. The number of nitrogens with one attached hydrogen (secondary N) is 2. The molecule has 22 heavy (non-hydrogen) atoms. The molecule has 0 aromatic heterocycles. The van der Waals surface area contributed by atoms with Gasteiger partial charge in [0.2, 0.25) is 5.91 Å². The van der Waals surface area contributed by atoms with E-state index in [0.29, 0.717) is 6.54 Å². The average molecular weight is 317 g/mol. The lowest BCUT2D eigenvalue weighted by molar-refractivity contribution is -0.126. The molecule has 0 saturated carbocycles. The zero-order valence-corrected chi connectivity index (χ0v) is 13.5. The molecule has 3 rings (SSSR count). The fourth-order valence-electron chi connectivity index (χ4n) is 2.49. The van der Waals surface area contributed by atoms with Gasteiger partial charge in [0.15, 0.2) is 0 Å². The summed E-state index contributed by atoms with van der Waals surface area (Å²) in [6.07, 6.45) is 0. The Bertz CT molecular complexity index is 653. The molecule has 1 amide bonds. The molecule has 1 saturated heterocycles. The van der Waals surface area contributed by atoms with Crippen LogP contribution in [0.3, 0.4) is 0 Å². The molecule has 1 aliphatic heterocycles. The van der Waals surface area contributed by atoms with Crippen molar-refractivity contribution in [3.8, 4) is 11.1 Å². The van der Waals surface area contributed by atoms with Crippen LogP contribution in [0.5, 0.6) is 0 Å². The van der Waals surface area contributed by atoms with E-state index in [-0.39, 0.29) is 24.2 Å². The molecule has 4 heteroatoms. The minimum Gasteiger partial charge on any atom is -0.352 e. The number of aryl methyl sites for hydroxylation is 1. The molecule has 116 valence electrons. The van der Waals surface area contributed by atoms with Crippen molar-refractivity contribution >= 4 is 18.3 Å². The van der Waals surface area contributed by atoms with Crippen molar-refractivity contribution in [2.24, 2.45) is 5.92 Å². The van der Waals surface area contributed by atoms with Gasteiger partial charge in [-0.3, -0.25) is 4.79 Å². The van der Waals surface area contributed by atoms with Crippen LogP contribution in [0.15, 0.2) is 48.5 Å². The minimum absolute atomic E-state index is 0. The van der Waals surface area contributed by atoms with E-state index >= 15 is 0 Å². The normalized spacial score (nSPS) is 13.9. The summed E-state index contributed by atoms with van der Waals surface area (Å²) in [7, 11) is 0. The van der Waals surface area contributed by atoms with E-state index in [1.807, 2.05) is 6.07 Å². The van der Waals surface area contributed by atoms with Crippen molar-refractivity contribution in [3.63, 3.8) is 0 Å². The summed E-state index contributed by atoms with van der Waals surface area (Å²) in [5, 5.41) is 6.13. The molecule has 3 nitrogen and oxygen atoms in total. The first-order valence-corrected chi connectivity index (χ1v) is 7.37. The van der Waals surface area contributed by atoms with Crippen LogP contribution in [0.1, 0.15) is 11.1 Å². The van der Waals surface area contributed by atoms with Gasteiger partial charge in [-0.25, -0.2) is 0 Å². The van der Waals surface area contributed by atoms with Crippen molar-refractivity contribution in [2.75, 3.05) is 13.1 Å². The molecular formula is C18H21ClN2O. The largest absolute Gasteiger partial charge is 0.352 e. The van der Waals surface area contributed by atoms with Gasteiger partial charge < -0.3 is 10.6 Å². The van der Waals surface area contributed by atoms with Crippen LogP contribution >= 0.6 is 12.4 Å². The Kier molecular flexibility index (Phi) is 5.58. The molecule has 2 N–H and O–H groups in total. The highest BCUT2D eigenvalue weighted by atomic mass is 35.5. The number of amides is 1. The Balaban J connectivity index is 0.00000176. The van der Waals surface area contributed by atoms with Gasteiger partial charge in [0.1, 0.15) is 0 Å². The maximum absolute atomic E-state index is 11.8. The van der Waals surface area contributed by atoms with Crippen molar-refractivity contribution in [1.29, 1.82) is 0 Å². The van der Waals surface area contributed by atoms with Crippen LogP contribution in [0.25, 0.3) is 11.1 Å². The van der Waals surface area contributed by atoms with Gasteiger partial charge in [0, 0.05) is 19.6 Å². The maximum atomic E-state index is 11.8. The van der Waals surface area contributed by atoms with Crippen LogP contribution in [-0.4, -0.2) is 19.0 Å². The van der Waals surface area contributed by atoms with Gasteiger partial charge >= 0.3 is 0 Å². The lowest BCUT2D eigenvalue weighted by atomic mass is 10.0. The van der Waals surface area contributed by atoms with Gasteiger partial charge in [-0.15, -0.1) is 12.4 Å². The van der Waals surface area contributed by atoms with Crippen molar-refractivity contribution in [3.05, 3.63) is 59.7 Å². The predicted molar refractivity (Wildman–Crippen MR) is 92.1 cm³/mol. The first-order valence-electron chi connectivity index (χ1n) is 7.37. The topological polar surface area (TPSA) is 41.1 Å². The second kappa shape index (κ2) is 7.43. The van der Waals surface area contributed by atoms with Crippen molar-refractivity contribution in [1.82, 2.24) is 10.6 Å². The summed E-state index contributed by atoms with van der Waals surface area (Å²) >= 11 is 0. The van der Waals surface area contributed by atoms with E-state index in [1.54, 1.807) is 0 Å². The van der Waals surface area contributed by atoms with Crippen molar-refractivity contribution < 1.29 is 4.79 Å². The molecule has 0 unspecified atom stereocenters. The highest BCUT2D eigenvalue weighted by Crippen LogP contribution is 2.21. The molecule has 0 atom stereocenters. The molecule has 1 fully saturated rings. The van der Waals surface area contributed by atoms with Crippen molar-refractivity contribution in [2.45, 2.75) is 13.5 Å². The number of halogens is 1. The monoisotopic (exact) mass is 316 g/mol. The second-order valence-corrected chi connectivity index (χ2v) is 5.64. The Morgan fingerprint density at radius 2 is 1.82 bits per heavy atom. The second-order valence-electron chi connectivity index (χ2n) is 5.64. The third kappa shape index (κ3) is 3.87. The quantitative estimate of drug-likeness (QED) is 0.910. The zero-order chi connectivity index (χ0) is 14.7. The van der Waals surface area contributed by atoms with Crippen LogP contribution in [0, 0.1) is 12.8 Å². The predicted octanol–water partition coefficient (Wildman–Crippen LogP) is 2.92. The molecule has 2 aromatic carbocycles. The molecule has 0 spiro atoms. The Morgan fingerprint density at radius 1 is 1.14 bits per heavy atom. The van der Waals surface area contributed by atoms with E-state index in [9.17, 15) is 4.79 Å². The molecule has 0 aliphatic carbocycles. The molecule has 2 aromatic rings. The summed E-state index contributed by atoms with van der Waals surface area (Å²) in [5.74, 6) is 0.291. The number of benzene rings is 2. The van der Waals surface area contributed by atoms with E-state index in [1.165, 1.54) is 16.7 Å². The van der Waals surface area contributed by atoms with Gasteiger partial charge in [-0.1, -0.05) is 48.0 Å². The number of hydrogen-bond donors (Lipinski definition) is 2. The van der Waals surface area contributed by atoms with Crippen LogP contribution in [0.4, 0.5) is 0 Å². The molecule has 0 bridgehead atoms. The van der Waals surface area contributed by atoms with Gasteiger partial charge in [-0.05, 0) is 29.7 Å². The van der Waals surface area contributed by atoms with E-state index in [2.05, 4.69) is 60.0 Å². The molecule has 1 heterocycles. The summed E-state index contributed by atoms with van der Waals surface area (Å²) in [4.78, 5) is 11.8. The fraction of sp³-hybridized carbons (Fsp3) is 0.278. The summed E-state index contributed by atoms with van der Waals surface area (Å²) in [5.41, 5.74) is 4.79. The highest BCUT2D eigenvalue weighted by Gasteiger charge is 2.24. The highest BCUT2D eigenvalue weighted by molar-refractivity contribution is 5.85. The van der Waals surface area contributed by atoms with Crippen LogP contribution < -0.4 is 10.6 Å². The summed E-state index contributed by atoms with van der Waals surface area (Å²) < 4.78 is 0. The Hall–Kier alpha value is -1.84. The van der Waals surface area contributed by atoms with Gasteiger partial charge in [0.25, 0.3) is 0 Å². The number of carbonyl (C=O) groups is 1. The van der Waals surface area contributed by atoms with Gasteiger partial charge in [-0.2, -0.15) is 0 Å². The lowest BCUT2D eigenvalue weighted by Gasteiger charge is -2.25. The fourth-order valence-corrected chi connectivity index (χ4v) is 2.49. The maximum Gasteiger partial charge on any atom is 0.225 e. The number of carbonyl (C=O) groups excluding carboxylic acids is 1. The Labute approximate surface area is 137 Å².